The number of furan rings is 1. The summed E-state index contributed by atoms with van der Waals surface area (Å²) < 4.78 is 8.77. The molecule has 0 N–H and O–H groups in total. The highest BCUT2D eigenvalue weighted by Crippen LogP contribution is 2.49. The standard InChI is InChI=1S/C48H32N2O/c1-2-10-31(11-3-1)32-18-22-35(23-19-32)49-45-17-9-6-14-39(45)40-28-33(20-25-46(40)49)34-21-26-47-41(29-34)42-30-36(24-27-48(42)51-47)50-43-15-7-4-12-37(43)38-13-5-8-16-44(38)50/h1-30,39,45H. The second kappa shape index (κ2) is 11.0. The molecule has 0 radical (unpaired) electrons. The molecule has 11 rings (SSSR count). The van der Waals surface area contributed by atoms with E-state index in [-0.39, 0.29) is 12.0 Å². The van der Waals surface area contributed by atoms with E-state index in [1.165, 1.54) is 61.0 Å². The predicted molar refractivity (Wildman–Crippen MR) is 212 cm³/mol. The van der Waals surface area contributed by atoms with Gasteiger partial charge in [-0.2, -0.15) is 0 Å². The van der Waals surface area contributed by atoms with Gasteiger partial charge in [-0.1, -0.05) is 115 Å². The Morgan fingerprint density at radius 2 is 1.02 bits per heavy atom. The van der Waals surface area contributed by atoms with Crippen LogP contribution >= 0.6 is 0 Å². The fourth-order valence-electron chi connectivity index (χ4n) is 8.55. The Morgan fingerprint density at radius 3 is 1.80 bits per heavy atom. The Kier molecular flexibility index (Phi) is 6.08. The average Bonchev–Trinajstić information content (AvgIpc) is 3.85. The maximum atomic E-state index is 6.40. The van der Waals surface area contributed by atoms with Crippen molar-refractivity contribution < 1.29 is 4.42 Å². The van der Waals surface area contributed by atoms with E-state index in [9.17, 15) is 0 Å². The number of allylic oxidation sites excluding steroid dienone is 2. The zero-order valence-corrected chi connectivity index (χ0v) is 27.8. The molecule has 240 valence electrons. The largest absolute Gasteiger partial charge is 0.456 e. The van der Waals surface area contributed by atoms with Crippen molar-refractivity contribution in [3.05, 3.63) is 188 Å². The van der Waals surface area contributed by atoms with Gasteiger partial charge in [0.2, 0.25) is 0 Å². The third kappa shape index (κ3) is 4.31. The second-order valence-corrected chi connectivity index (χ2v) is 13.7. The lowest BCUT2D eigenvalue weighted by Gasteiger charge is -2.28. The quantitative estimate of drug-likeness (QED) is 0.189. The van der Waals surface area contributed by atoms with Gasteiger partial charge in [0, 0.05) is 44.5 Å². The van der Waals surface area contributed by atoms with Crippen molar-refractivity contribution in [2.24, 2.45) is 0 Å². The van der Waals surface area contributed by atoms with Crippen LogP contribution in [0.1, 0.15) is 11.5 Å². The molecule has 3 heteroatoms. The smallest absolute Gasteiger partial charge is 0.135 e. The summed E-state index contributed by atoms with van der Waals surface area (Å²) in [5, 5.41) is 4.77. The van der Waals surface area contributed by atoms with Gasteiger partial charge in [0.1, 0.15) is 11.2 Å². The van der Waals surface area contributed by atoms with Crippen LogP contribution in [0.25, 0.3) is 71.7 Å². The van der Waals surface area contributed by atoms with Gasteiger partial charge in [0.25, 0.3) is 0 Å². The second-order valence-electron chi connectivity index (χ2n) is 13.7. The van der Waals surface area contributed by atoms with Crippen molar-refractivity contribution in [2.45, 2.75) is 12.0 Å². The number of rotatable bonds is 4. The summed E-state index contributed by atoms with van der Waals surface area (Å²) in [5.41, 5.74) is 14.0. The first-order valence-corrected chi connectivity index (χ1v) is 17.7. The summed E-state index contributed by atoms with van der Waals surface area (Å²) in [6.07, 6.45) is 9.07. The number of aromatic nitrogens is 1. The van der Waals surface area contributed by atoms with Crippen LogP contribution in [0.5, 0.6) is 0 Å². The van der Waals surface area contributed by atoms with E-state index in [1.54, 1.807) is 0 Å². The first-order valence-electron chi connectivity index (χ1n) is 17.7. The van der Waals surface area contributed by atoms with Gasteiger partial charge >= 0.3 is 0 Å². The highest BCUT2D eigenvalue weighted by Gasteiger charge is 2.37. The first kappa shape index (κ1) is 28.3. The molecule has 1 aliphatic carbocycles. The summed E-state index contributed by atoms with van der Waals surface area (Å²) >= 11 is 0. The molecule has 0 saturated heterocycles. The molecule has 3 heterocycles. The predicted octanol–water partition coefficient (Wildman–Crippen LogP) is 12.7. The summed E-state index contributed by atoms with van der Waals surface area (Å²) in [4.78, 5) is 2.50. The van der Waals surface area contributed by atoms with Gasteiger partial charge in [0.15, 0.2) is 0 Å². The Bertz CT molecular complexity index is 2820. The van der Waals surface area contributed by atoms with Gasteiger partial charge in [-0.25, -0.2) is 0 Å². The Hall–Kier alpha value is -6.58. The van der Waals surface area contributed by atoms with E-state index < -0.39 is 0 Å². The molecule has 2 atom stereocenters. The van der Waals surface area contributed by atoms with E-state index in [4.69, 9.17) is 4.42 Å². The van der Waals surface area contributed by atoms with Gasteiger partial charge in [0.05, 0.1) is 17.1 Å². The third-order valence-electron chi connectivity index (χ3n) is 10.9. The van der Waals surface area contributed by atoms with Crippen LogP contribution < -0.4 is 4.90 Å². The normalized spacial score (nSPS) is 16.4. The van der Waals surface area contributed by atoms with E-state index in [0.717, 1.165) is 27.6 Å². The van der Waals surface area contributed by atoms with Crippen LogP contribution in [0, 0.1) is 0 Å². The number of hydrogen-bond donors (Lipinski definition) is 0. The van der Waals surface area contributed by atoms with E-state index in [1.807, 2.05) is 0 Å². The van der Waals surface area contributed by atoms with E-state index in [2.05, 4.69) is 191 Å². The van der Waals surface area contributed by atoms with E-state index in [0.29, 0.717) is 0 Å². The molecule has 2 aliphatic rings. The number of hydrogen-bond acceptors (Lipinski definition) is 2. The molecule has 1 aliphatic heterocycles. The van der Waals surface area contributed by atoms with Crippen molar-refractivity contribution in [1.82, 2.24) is 4.57 Å². The lowest BCUT2D eigenvalue weighted by molar-refractivity contribution is 0.669. The number of fused-ring (bicyclic) bond motifs is 9. The molecule has 3 nitrogen and oxygen atoms in total. The highest BCUT2D eigenvalue weighted by atomic mass is 16.3. The molecule has 9 aromatic rings. The van der Waals surface area contributed by atoms with E-state index >= 15 is 0 Å². The van der Waals surface area contributed by atoms with Gasteiger partial charge in [-0.05, 0) is 94.5 Å². The number of benzene rings is 7. The Balaban J connectivity index is 1.00. The fraction of sp³-hybridized carbons (Fsp3) is 0.0417. The monoisotopic (exact) mass is 652 g/mol. The van der Waals surface area contributed by atoms with Gasteiger partial charge in [-0.3, -0.25) is 0 Å². The molecule has 0 amide bonds. The average molecular weight is 653 g/mol. The highest BCUT2D eigenvalue weighted by molar-refractivity contribution is 6.11. The molecule has 2 unspecified atom stereocenters. The Morgan fingerprint density at radius 1 is 0.431 bits per heavy atom. The number of anilines is 2. The topological polar surface area (TPSA) is 21.3 Å². The maximum absolute atomic E-state index is 6.40. The third-order valence-corrected chi connectivity index (χ3v) is 10.9. The minimum atomic E-state index is 0.238. The Labute approximate surface area is 295 Å². The van der Waals surface area contributed by atoms with Crippen LogP contribution in [0.2, 0.25) is 0 Å². The molecular formula is C48H32N2O. The van der Waals surface area contributed by atoms with Crippen molar-refractivity contribution >= 4 is 55.1 Å². The number of para-hydroxylation sites is 2. The molecule has 2 aromatic heterocycles. The first-order chi connectivity index (χ1) is 25.3. The summed E-state index contributed by atoms with van der Waals surface area (Å²) in [7, 11) is 0. The summed E-state index contributed by atoms with van der Waals surface area (Å²) in [6.45, 7) is 0. The molecule has 7 aromatic carbocycles. The summed E-state index contributed by atoms with van der Waals surface area (Å²) in [6, 6.07) is 57.4. The van der Waals surface area contributed by atoms with Crippen LogP contribution in [0.3, 0.4) is 0 Å². The molecule has 0 saturated carbocycles. The maximum Gasteiger partial charge on any atom is 0.135 e. The number of nitrogens with zero attached hydrogens (tertiary/aromatic N) is 2. The minimum absolute atomic E-state index is 0.238. The van der Waals surface area contributed by atoms with Crippen molar-refractivity contribution in [3.8, 4) is 27.9 Å². The lowest BCUT2D eigenvalue weighted by Crippen LogP contribution is -2.28. The van der Waals surface area contributed by atoms with Gasteiger partial charge < -0.3 is 13.9 Å². The van der Waals surface area contributed by atoms with Crippen LogP contribution in [0.15, 0.2) is 186 Å². The SMILES string of the molecule is C1=CC2c3cc(-c4ccc5oc6ccc(-n7c8ccccc8c8ccccc87)cc6c5c4)ccc3N(c3ccc(-c4ccccc4)cc3)C2C=C1. The minimum Gasteiger partial charge on any atom is -0.456 e. The van der Waals surface area contributed by atoms with Gasteiger partial charge in [-0.15, -0.1) is 0 Å². The molecular weight excluding hydrogens is 621 g/mol. The molecule has 0 fully saturated rings. The zero-order valence-electron chi connectivity index (χ0n) is 27.8. The van der Waals surface area contributed by atoms with Crippen molar-refractivity contribution in [3.63, 3.8) is 0 Å². The molecule has 0 spiro atoms. The molecule has 0 bridgehead atoms. The van der Waals surface area contributed by atoms with Crippen LogP contribution in [-0.2, 0) is 0 Å². The van der Waals surface area contributed by atoms with Crippen molar-refractivity contribution in [2.75, 3.05) is 4.90 Å². The van der Waals surface area contributed by atoms with Crippen molar-refractivity contribution in [1.29, 1.82) is 0 Å². The lowest BCUT2D eigenvalue weighted by atomic mass is 9.89. The fourth-order valence-corrected chi connectivity index (χ4v) is 8.55. The zero-order chi connectivity index (χ0) is 33.5. The van der Waals surface area contributed by atoms with Crippen LogP contribution in [0.4, 0.5) is 11.4 Å². The summed E-state index contributed by atoms with van der Waals surface area (Å²) in [5.74, 6) is 0.283. The van der Waals surface area contributed by atoms with Crippen LogP contribution in [-0.4, -0.2) is 10.6 Å². The molecule has 51 heavy (non-hydrogen) atoms.